The van der Waals surface area contributed by atoms with Crippen LogP contribution in [0.1, 0.15) is 46.0 Å². The lowest BCUT2D eigenvalue weighted by Crippen LogP contribution is -2.22. The number of hydrogen-bond donors (Lipinski definition) is 1. The summed E-state index contributed by atoms with van der Waals surface area (Å²) >= 11 is 2.55. The van der Waals surface area contributed by atoms with E-state index in [2.05, 4.69) is 46.5 Å². The Bertz CT molecular complexity index is 195. The molecule has 0 radical (unpaired) electrons. The molecule has 1 N–H and O–H groups in total. The summed E-state index contributed by atoms with van der Waals surface area (Å²) in [4.78, 5) is 10.8. The molecule has 0 aliphatic carbocycles. The molecular weight excluding hydrogens is 317 g/mol. The Hall–Kier alpha value is 0.160. The van der Waals surface area contributed by atoms with Crippen molar-refractivity contribution in [2.75, 3.05) is 20.2 Å². The van der Waals surface area contributed by atoms with Crippen molar-refractivity contribution in [2.45, 2.75) is 49.4 Å². The van der Waals surface area contributed by atoms with Crippen molar-refractivity contribution in [1.29, 1.82) is 0 Å². The summed E-state index contributed by atoms with van der Waals surface area (Å²) in [6.45, 7) is 6.24. The van der Waals surface area contributed by atoms with Crippen LogP contribution in [-0.4, -0.2) is 29.6 Å². The van der Waals surface area contributed by atoms with Gasteiger partial charge in [0.25, 0.3) is 0 Å². The number of ether oxygens (including phenoxy) is 1. The van der Waals surface area contributed by atoms with Gasteiger partial charge in [0.05, 0.1) is 13.5 Å². The average Bonchev–Trinajstić information content (AvgIpc) is 2.22. The molecule has 0 saturated carbocycles. The summed E-state index contributed by atoms with van der Waals surface area (Å²) in [7, 11) is 1.43. The van der Waals surface area contributed by atoms with Crippen LogP contribution in [0.5, 0.6) is 0 Å². The third kappa shape index (κ3) is 9.39. The summed E-state index contributed by atoms with van der Waals surface area (Å²) in [5.41, 5.74) is 0. The molecule has 0 bridgehead atoms. The maximum absolute atomic E-state index is 10.8. The number of halogens is 1. The first kappa shape index (κ1) is 16.2. The molecule has 0 rings (SSSR count). The van der Waals surface area contributed by atoms with E-state index in [-0.39, 0.29) is 5.97 Å². The summed E-state index contributed by atoms with van der Waals surface area (Å²) in [5.74, 6) is -0.141. The fourth-order valence-corrected chi connectivity index (χ4v) is 2.57. The molecule has 0 aromatic rings. The van der Waals surface area contributed by atoms with Crippen LogP contribution in [0, 0.1) is 0 Å². The van der Waals surface area contributed by atoms with Gasteiger partial charge in [-0.15, -0.1) is 0 Å². The second-order valence-electron chi connectivity index (χ2n) is 4.34. The predicted octanol–water partition coefficient (Wildman–Crippen LogP) is 2.91. The van der Waals surface area contributed by atoms with Gasteiger partial charge in [-0.25, -0.2) is 0 Å². The minimum atomic E-state index is -0.141. The van der Waals surface area contributed by atoms with Gasteiger partial charge in [0, 0.05) is 9.97 Å². The quantitative estimate of drug-likeness (QED) is 0.303. The highest BCUT2D eigenvalue weighted by Gasteiger charge is 2.17. The number of alkyl halides is 1. The molecule has 0 aromatic carbocycles. The Kier molecular flexibility index (Phi) is 9.31. The van der Waals surface area contributed by atoms with Crippen LogP contribution < -0.4 is 5.32 Å². The van der Waals surface area contributed by atoms with Crippen LogP contribution in [0.3, 0.4) is 0 Å². The number of nitrogens with one attached hydrogen (secondary N) is 1. The first-order chi connectivity index (χ1) is 7.52. The summed E-state index contributed by atoms with van der Waals surface area (Å²) in [5, 5.41) is 3.26. The maximum Gasteiger partial charge on any atom is 0.306 e. The summed E-state index contributed by atoms with van der Waals surface area (Å²) < 4.78 is 4.99. The van der Waals surface area contributed by atoms with Gasteiger partial charge in [-0.3, -0.25) is 4.79 Å². The van der Waals surface area contributed by atoms with Gasteiger partial charge in [-0.05, 0) is 25.8 Å². The zero-order chi connectivity index (χ0) is 12.4. The summed E-state index contributed by atoms with van der Waals surface area (Å²) in [6.07, 6.45) is 5.38. The van der Waals surface area contributed by atoms with E-state index < -0.39 is 0 Å². The molecule has 96 valence electrons. The highest BCUT2D eigenvalue weighted by Crippen LogP contribution is 2.29. The third-order valence-corrected chi connectivity index (χ3v) is 3.64. The van der Waals surface area contributed by atoms with Crippen molar-refractivity contribution < 1.29 is 9.53 Å². The third-order valence-electron chi connectivity index (χ3n) is 2.56. The average molecular weight is 341 g/mol. The lowest BCUT2D eigenvalue weighted by molar-refractivity contribution is -0.140. The summed E-state index contributed by atoms with van der Waals surface area (Å²) in [6, 6.07) is 0. The van der Waals surface area contributed by atoms with Gasteiger partial charge >= 0.3 is 5.97 Å². The van der Waals surface area contributed by atoms with Crippen molar-refractivity contribution in [3.63, 3.8) is 0 Å². The predicted molar refractivity (Wildman–Crippen MR) is 76.1 cm³/mol. The molecule has 0 aliphatic heterocycles. The zero-order valence-electron chi connectivity index (χ0n) is 10.6. The molecule has 4 heteroatoms. The number of esters is 1. The van der Waals surface area contributed by atoms with E-state index in [1.807, 2.05) is 0 Å². The fraction of sp³-hybridized carbons (Fsp3) is 0.917. The van der Waals surface area contributed by atoms with Crippen molar-refractivity contribution in [3.05, 3.63) is 0 Å². The number of rotatable bonds is 9. The molecule has 0 heterocycles. The van der Waals surface area contributed by atoms with E-state index in [4.69, 9.17) is 0 Å². The molecule has 0 amide bonds. The number of carbonyl (C=O) groups excluding carboxylic acids is 1. The van der Waals surface area contributed by atoms with Crippen LogP contribution in [0.2, 0.25) is 0 Å². The lowest BCUT2D eigenvalue weighted by atomic mass is 10.0. The SMILES string of the molecule is CCCC(C)(I)CCCNCCC(=O)OC. The molecule has 0 saturated heterocycles. The second-order valence-corrected chi connectivity index (χ2v) is 6.95. The van der Waals surface area contributed by atoms with Crippen LogP contribution >= 0.6 is 22.6 Å². The van der Waals surface area contributed by atoms with Gasteiger partial charge in [-0.1, -0.05) is 42.9 Å². The van der Waals surface area contributed by atoms with Crippen LogP contribution in [0.4, 0.5) is 0 Å². The van der Waals surface area contributed by atoms with E-state index in [0.29, 0.717) is 9.84 Å². The van der Waals surface area contributed by atoms with Crippen LogP contribution in [0.15, 0.2) is 0 Å². The molecule has 0 aliphatic rings. The van der Waals surface area contributed by atoms with Gasteiger partial charge in [0.15, 0.2) is 0 Å². The molecule has 3 nitrogen and oxygen atoms in total. The smallest absolute Gasteiger partial charge is 0.306 e. The standard InChI is InChI=1S/C12H24INO2/c1-4-7-12(2,13)8-5-9-14-10-6-11(15)16-3/h14H,4-10H2,1-3H3. The van der Waals surface area contributed by atoms with E-state index >= 15 is 0 Å². The minimum absolute atomic E-state index is 0.141. The Labute approximate surface area is 113 Å². The van der Waals surface area contributed by atoms with E-state index in [0.717, 1.165) is 13.1 Å². The zero-order valence-corrected chi connectivity index (χ0v) is 12.8. The van der Waals surface area contributed by atoms with Crippen molar-refractivity contribution in [3.8, 4) is 0 Å². The van der Waals surface area contributed by atoms with Gasteiger partial charge in [0.1, 0.15) is 0 Å². The Balaban J connectivity index is 3.36. The van der Waals surface area contributed by atoms with Crippen LogP contribution in [0.25, 0.3) is 0 Å². The van der Waals surface area contributed by atoms with Gasteiger partial charge in [-0.2, -0.15) is 0 Å². The topological polar surface area (TPSA) is 38.3 Å². The molecular formula is C12H24INO2. The monoisotopic (exact) mass is 341 g/mol. The van der Waals surface area contributed by atoms with Crippen molar-refractivity contribution >= 4 is 28.6 Å². The molecule has 0 aromatic heterocycles. The Morgan fingerprint density at radius 3 is 2.62 bits per heavy atom. The second kappa shape index (κ2) is 9.22. The normalized spacial score (nSPS) is 14.5. The first-order valence-electron chi connectivity index (χ1n) is 5.98. The molecule has 1 unspecified atom stereocenters. The number of hydrogen-bond acceptors (Lipinski definition) is 3. The maximum atomic E-state index is 10.8. The van der Waals surface area contributed by atoms with Gasteiger partial charge in [0.2, 0.25) is 0 Å². The van der Waals surface area contributed by atoms with E-state index in [1.54, 1.807) is 0 Å². The molecule has 0 fully saturated rings. The molecule has 1 atom stereocenters. The molecule has 0 spiro atoms. The highest BCUT2D eigenvalue weighted by molar-refractivity contribution is 14.1. The van der Waals surface area contributed by atoms with Crippen LogP contribution in [-0.2, 0) is 9.53 Å². The van der Waals surface area contributed by atoms with Crippen molar-refractivity contribution in [2.24, 2.45) is 0 Å². The number of methoxy groups -OCH3 is 1. The molecule has 16 heavy (non-hydrogen) atoms. The fourth-order valence-electron chi connectivity index (χ4n) is 1.65. The minimum Gasteiger partial charge on any atom is -0.469 e. The largest absolute Gasteiger partial charge is 0.469 e. The van der Waals surface area contributed by atoms with Gasteiger partial charge < -0.3 is 10.1 Å². The van der Waals surface area contributed by atoms with Crippen molar-refractivity contribution in [1.82, 2.24) is 5.32 Å². The Morgan fingerprint density at radius 2 is 2.06 bits per heavy atom. The van der Waals surface area contributed by atoms with E-state index in [1.165, 1.54) is 32.8 Å². The Morgan fingerprint density at radius 1 is 1.38 bits per heavy atom. The number of carbonyl (C=O) groups is 1. The lowest BCUT2D eigenvalue weighted by Gasteiger charge is -2.21. The highest BCUT2D eigenvalue weighted by atomic mass is 127. The van der Waals surface area contributed by atoms with E-state index in [9.17, 15) is 4.79 Å². The first-order valence-corrected chi connectivity index (χ1v) is 7.06.